The van der Waals surface area contributed by atoms with Crippen LogP contribution in [-0.4, -0.2) is 32.6 Å². The van der Waals surface area contributed by atoms with E-state index in [9.17, 15) is 8.42 Å². The summed E-state index contributed by atoms with van der Waals surface area (Å²) >= 11 is 1.77. The number of rotatable bonds is 6. The maximum absolute atomic E-state index is 12.9. The van der Waals surface area contributed by atoms with Crippen molar-refractivity contribution in [3.8, 4) is 0 Å². The Hall–Kier alpha value is -1.56. The highest BCUT2D eigenvalue weighted by Gasteiger charge is 2.36. The molecule has 3 nitrogen and oxygen atoms in total. The Kier molecular flexibility index (Phi) is 5.99. The first-order valence-corrected chi connectivity index (χ1v) is 10.8. The molecular weight excluding hydrogens is 352 g/mol. The predicted molar refractivity (Wildman–Crippen MR) is 103 cm³/mol. The smallest absolute Gasteiger partial charge is 0.184 e. The summed E-state index contributed by atoms with van der Waals surface area (Å²) in [6.45, 7) is 0. The minimum absolute atomic E-state index is 0.373. The van der Waals surface area contributed by atoms with Crippen molar-refractivity contribution in [2.45, 2.75) is 34.0 Å². The monoisotopic (exact) mass is 374 g/mol. The summed E-state index contributed by atoms with van der Waals surface area (Å²) in [6.07, 6.45) is 2.99. The van der Waals surface area contributed by atoms with Gasteiger partial charge in [0.05, 0.1) is 16.2 Å². The lowest BCUT2D eigenvalue weighted by Crippen LogP contribution is -2.37. The van der Waals surface area contributed by atoms with E-state index in [1.807, 2.05) is 30.3 Å². The van der Waals surface area contributed by atoms with Crippen molar-refractivity contribution in [1.29, 1.82) is 0 Å². The van der Waals surface area contributed by atoms with Crippen molar-refractivity contribution >= 4 is 21.6 Å². The maximum Gasteiger partial charge on any atom is 0.184 e. The second-order valence-electron chi connectivity index (χ2n) is 6.06. The molecule has 2 aromatic rings. The summed E-state index contributed by atoms with van der Waals surface area (Å²) in [4.78, 5) is 1.59. The van der Waals surface area contributed by atoms with Gasteiger partial charge in [-0.2, -0.15) is 0 Å². The highest BCUT2D eigenvalue weighted by atomic mass is 32.2. The molecule has 0 fully saturated rings. The number of methoxy groups -OCH3 is 1. The zero-order chi connectivity index (χ0) is 17.7. The van der Waals surface area contributed by atoms with Crippen LogP contribution >= 0.6 is 11.8 Å². The molecular formula is C20H22O3S2. The average Bonchev–Trinajstić information content (AvgIpc) is 2.67. The molecule has 0 radical (unpaired) electrons. The van der Waals surface area contributed by atoms with Gasteiger partial charge in [-0.3, -0.25) is 0 Å². The molecule has 0 bridgehead atoms. The molecule has 2 atom stereocenters. The lowest BCUT2D eigenvalue weighted by Gasteiger charge is -2.29. The highest BCUT2D eigenvalue weighted by Crippen LogP contribution is 2.32. The van der Waals surface area contributed by atoms with Gasteiger partial charge in [0.2, 0.25) is 0 Å². The van der Waals surface area contributed by atoms with Crippen LogP contribution in [0.2, 0.25) is 0 Å². The third kappa shape index (κ3) is 4.35. The lowest BCUT2D eigenvalue weighted by molar-refractivity contribution is 0.129. The summed E-state index contributed by atoms with van der Waals surface area (Å²) in [6, 6.07) is 18.9. The van der Waals surface area contributed by atoms with E-state index < -0.39 is 21.2 Å². The molecule has 1 aliphatic carbocycles. The molecule has 0 aromatic heterocycles. The van der Waals surface area contributed by atoms with Crippen LogP contribution in [0.3, 0.4) is 0 Å². The van der Waals surface area contributed by atoms with Crippen LogP contribution in [0.1, 0.15) is 12.8 Å². The van der Waals surface area contributed by atoms with Gasteiger partial charge < -0.3 is 4.74 Å². The van der Waals surface area contributed by atoms with Crippen molar-refractivity contribution in [2.24, 2.45) is 0 Å². The Balaban J connectivity index is 1.74. The molecule has 2 aromatic carbocycles. The van der Waals surface area contributed by atoms with Crippen LogP contribution < -0.4 is 0 Å². The normalized spacial score (nSPS) is 20.9. The molecule has 0 aliphatic heterocycles. The Morgan fingerprint density at radius 1 is 1.04 bits per heavy atom. The van der Waals surface area contributed by atoms with Crippen LogP contribution in [0.4, 0.5) is 0 Å². The van der Waals surface area contributed by atoms with E-state index in [-0.39, 0.29) is 0 Å². The van der Waals surface area contributed by atoms with Crippen LogP contribution in [0.25, 0.3) is 0 Å². The third-order valence-corrected chi connectivity index (χ3v) is 7.78. The number of hydrogen-bond donors (Lipinski definition) is 0. The second kappa shape index (κ2) is 8.21. The summed E-state index contributed by atoms with van der Waals surface area (Å²) in [7, 11) is -1.80. The van der Waals surface area contributed by atoms with Crippen molar-refractivity contribution in [2.75, 3.05) is 12.9 Å². The highest BCUT2D eigenvalue weighted by molar-refractivity contribution is 7.99. The minimum Gasteiger partial charge on any atom is -0.376 e. The van der Waals surface area contributed by atoms with Crippen molar-refractivity contribution in [1.82, 2.24) is 0 Å². The lowest BCUT2D eigenvalue weighted by atomic mass is 9.98. The first-order valence-electron chi connectivity index (χ1n) is 8.30. The first-order chi connectivity index (χ1) is 12.1. The SMILES string of the molecule is CO[C@H]1C=C(CSc2ccccc2)CC[C@H]1S(=O)(=O)c1ccccc1. The van der Waals surface area contributed by atoms with E-state index in [2.05, 4.69) is 12.1 Å². The zero-order valence-corrected chi connectivity index (χ0v) is 15.8. The van der Waals surface area contributed by atoms with E-state index in [0.717, 1.165) is 12.2 Å². The van der Waals surface area contributed by atoms with Crippen molar-refractivity contribution < 1.29 is 13.2 Å². The van der Waals surface area contributed by atoms with Gasteiger partial charge in [-0.25, -0.2) is 8.42 Å². The molecule has 132 valence electrons. The molecule has 25 heavy (non-hydrogen) atoms. The topological polar surface area (TPSA) is 43.4 Å². The second-order valence-corrected chi connectivity index (χ2v) is 9.28. The van der Waals surface area contributed by atoms with Crippen LogP contribution in [0, 0.1) is 0 Å². The van der Waals surface area contributed by atoms with Gasteiger partial charge in [0.15, 0.2) is 9.84 Å². The van der Waals surface area contributed by atoms with Crippen molar-refractivity contribution in [3.63, 3.8) is 0 Å². The molecule has 0 unspecified atom stereocenters. The summed E-state index contributed by atoms with van der Waals surface area (Å²) in [5.41, 5.74) is 1.25. The molecule has 1 aliphatic rings. The van der Waals surface area contributed by atoms with Gasteiger partial charge in [0, 0.05) is 17.8 Å². The number of benzene rings is 2. The Morgan fingerprint density at radius 3 is 2.32 bits per heavy atom. The van der Waals surface area contributed by atoms with Gasteiger partial charge in [-0.1, -0.05) is 48.0 Å². The van der Waals surface area contributed by atoms with Crippen molar-refractivity contribution in [3.05, 3.63) is 72.3 Å². The standard InChI is InChI=1S/C20H22O3S2/c1-23-19-14-16(15-24-17-8-4-2-5-9-17)12-13-20(19)25(21,22)18-10-6-3-7-11-18/h2-11,14,19-20H,12-13,15H2,1H3/t19-,20+/m0/s1. The van der Waals surface area contributed by atoms with E-state index in [0.29, 0.717) is 11.3 Å². The fourth-order valence-electron chi connectivity index (χ4n) is 3.06. The molecule has 0 heterocycles. The quantitative estimate of drug-likeness (QED) is 0.557. The number of thioether (sulfide) groups is 1. The first kappa shape index (κ1) is 18.2. The average molecular weight is 375 g/mol. The van der Waals surface area contributed by atoms with Gasteiger partial charge in [0.25, 0.3) is 0 Å². The molecule has 3 rings (SSSR count). The molecule has 0 N–H and O–H groups in total. The molecule has 0 saturated heterocycles. The molecule has 0 amide bonds. The summed E-state index contributed by atoms with van der Waals surface area (Å²) in [5, 5.41) is -0.523. The van der Waals surface area contributed by atoms with Crippen LogP contribution in [0.15, 0.2) is 82.1 Å². The Morgan fingerprint density at radius 2 is 1.68 bits per heavy atom. The zero-order valence-electron chi connectivity index (χ0n) is 14.2. The largest absolute Gasteiger partial charge is 0.376 e. The fraction of sp³-hybridized carbons (Fsp3) is 0.300. The number of ether oxygens (including phenoxy) is 1. The molecule has 0 saturated carbocycles. The van der Waals surface area contributed by atoms with Gasteiger partial charge >= 0.3 is 0 Å². The van der Waals surface area contributed by atoms with Gasteiger partial charge in [-0.05, 0) is 37.1 Å². The number of hydrogen-bond acceptors (Lipinski definition) is 4. The Bertz CT molecular complexity index is 815. The summed E-state index contributed by atoms with van der Waals surface area (Å²) in [5.74, 6) is 0.863. The Labute approximate surface area is 154 Å². The third-order valence-electron chi connectivity index (χ3n) is 4.43. The number of sulfone groups is 1. The van der Waals surface area contributed by atoms with Gasteiger partial charge in [0.1, 0.15) is 0 Å². The van der Waals surface area contributed by atoms with E-state index >= 15 is 0 Å². The molecule has 5 heteroatoms. The van der Waals surface area contributed by atoms with E-state index in [1.54, 1.807) is 43.1 Å². The molecule has 0 spiro atoms. The summed E-state index contributed by atoms with van der Waals surface area (Å²) < 4.78 is 31.4. The van der Waals surface area contributed by atoms with E-state index in [1.165, 1.54) is 10.5 Å². The van der Waals surface area contributed by atoms with Crippen LogP contribution in [0.5, 0.6) is 0 Å². The fourth-order valence-corrected chi connectivity index (χ4v) is 5.86. The van der Waals surface area contributed by atoms with Crippen LogP contribution in [-0.2, 0) is 14.6 Å². The van der Waals surface area contributed by atoms with E-state index in [4.69, 9.17) is 4.74 Å². The maximum atomic E-state index is 12.9. The minimum atomic E-state index is -3.39. The van der Waals surface area contributed by atoms with Gasteiger partial charge in [-0.15, -0.1) is 11.8 Å². The predicted octanol–water partition coefficient (Wildman–Crippen LogP) is 4.36.